The number of hydrogen-bond donors (Lipinski definition) is 2. The molecule has 130 valence electrons. The van der Waals surface area contributed by atoms with E-state index in [1.54, 1.807) is 0 Å². The number of carbonyl (C=O) groups excluding carboxylic acids is 1. The third-order valence-electron chi connectivity index (χ3n) is 4.40. The number of aromatic amines is 1. The number of rotatable bonds is 3. The molecule has 0 unspecified atom stereocenters. The number of likely N-dealkylation sites (tertiary alicyclic amines) is 1. The van der Waals surface area contributed by atoms with E-state index in [1.807, 2.05) is 31.9 Å². The molecule has 0 bridgehead atoms. The van der Waals surface area contributed by atoms with Crippen LogP contribution < -0.4 is 5.32 Å². The zero-order valence-corrected chi connectivity index (χ0v) is 14.8. The van der Waals surface area contributed by atoms with Crippen molar-refractivity contribution >= 4 is 17.0 Å². The van der Waals surface area contributed by atoms with Crippen LogP contribution in [0.2, 0.25) is 0 Å². The van der Waals surface area contributed by atoms with Crippen LogP contribution in [0.1, 0.15) is 39.2 Å². The highest BCUT2D eigenvalue weighted by Crippen LogP contribution is 2.19. The van der Waals surface area contributed by atoms with Crippen molar-refractivity contribution in [3.8, 4) is 0 Å². The number of piperidine rings is 1. The Balaban J connectivity index is 1.49. The lowest BCUT2D eigenvalue weighted by Gasteiger charge is -2.33. The van der Waals surface area contributed by atoms with Crippen molar-refractivity contribution in [2.24, 2.45) is 0 Å². The fraction of sp³-hybridized carbons (Fsp3) is 0.526. The number of carbonyl (C=O) groups is 1. The van der Waals surface area contributed by atoms with E-state index in [1.165, 1.54) is 16.5 Å². The molecule has 1 saturated heterocycles. The normalized spacial score (nSPS) is 16.5. The summed E-state index contributed by atoms with van der Waals surface area (Å²) in [6.45, 7) is 8.05. The van der Waals surface area contributed by atoms with E-state index < -0.39 is 5.60 Å². The predicted molar refractivity (Wildman–Crippen MR) is 96.0 cm³/mol. The van der Waals surface area contributed by atoms with Gasteiger partial charge in [0.1, 0.15) is 5.60 Å². The van der Waals surface area contributed by atoms with E-state index in [2.05, 4.69) is 34.6 Å². The van der Waals surface area contributed by atoms with Gasteiger partial charge in [-0.1, -0.05) is 18.2 Å². The van der Waals surface area contributed by atoms with Crippen molar-refractivity contribution in [2.45, 2.75) is 51.8 Å². The molecule has 24 heavy (non-hydrogen) atoms. The average Bonchev–Trinajstić information content (AvgIpc) is 3.01. The Morgan fingerprint density at radius 2 is 2.04 bits per heavy atom. The fourth-order valence-corrected chi connectivity index (χ4v) is 3.14. The molecular formula is C19H27N3O2. The molecule has 1 aliphatic rings. The van der Waals surface area contributed by atoms with Gasteiger partial charge in [0.25, 0.3) is 0 Å². The predicted octanol–water partition coefficient (Wildman–Crippen LogP) is 3.66. The highest BCUT2D eigenvalue weighted by molar-refractivity contribution is 5.82. The number of nitrogens with one attached hydrogen (secondary N) is 2. The van der Waals surface area contributed by atoms with Crippen LogP contribution in [0.25, 0.3) is 10.9 Å². The summed E-state index contributed by atoms with van der Waals surface area (Å²) in [6, 6.07) is 8.90. The summed E-state index contributed by atoms with van der Waals surface area (Å²) >= 11 is 0. The molecular weight excluding hydrogens is 302 g/mol. The Morgan fingerprint density at radius 1 is 1.29 bits per heavy atom. The molecule has 1 aromatic heterocycles. The molecule has 1 aliphatic heterocycles. The van der Waals surface area contributed by atoms with Crippen LogP contribution in [0.5, 0.6) is 0 Å². The lowest BCUT2D eigenvalue weighted by atomic mass is 10.0. The van der Waals surface area contributed by atoms with E-state index in [-0.39, 0.29) is 6.09 Å². The number of fused-ring (bicyclic) bond motifs is 1. The molecule has 1 fully saturated rings. The van der Waals surface area contributed by atoms with Crippen molar-refractivity contribution < 1.29 is 9.53 Å². The number of amides is 1. The molecule has 1 aromatic carbocycles. The van der Waals surface area contributed by atoms with E-state index >= 15 is 0 Å². The third-order valence-corrected chi connectivity index (χ3v) is 4.40. The van der Waals surface area contributed by atoms with Crippen molar-refractivity contribution in [3.63, 3.8) is 0 Å². The second-order valence-electron chi connectivity index (χ2n) is 7.48. The number of para-hydroxylation sites is 1. The summed E-state index contributed by atoms with van der Waals surface area (Å²) in [6.07, 6.45) is 3.70. The number of H-pyrrole nitrogens is 1. The van der Waals surface area contributed by atoms with Crippen LogP contribution in [0.4, 0.5) is 4.79 Å². The number of nitrogens with zero attached hydrogens (tertiary/aromatic N) is 1. The number of aromatic nitrogens is 1. The standard InChI is InChI=1S/C19H27N3O2/c1-19(2,3)24-18(23)22-11-8-16(9-12-22)21-13-15-6-4-5-14-7-10-20-17(14)15/h4-7,10,16,20-21H,8-9,11-13H2,1-3H3. The highest BCUT2D eigenvalue weighted by atomic mass is 16.6. The quantitative estimate of drug-likeness (QED) is 0.903. The molecule has 2 heterocycles. The summed E-state index contributed by atoms with van der Waals surface area (Å²) < 4.78 is 5.44. The van der Waals surface area contributed by atoms with E-state index in [4.69, 9.17) is 4.74 Å². The van der Waals surface area contributed by atoms with E-state index in [0.29, 0.717) is 6.04 Å². The first kappa shape index (κ1) is 16.8. The van der Waals surface area contributed by atoms with Gasteiger partial charge in [0.05, 0.1) is 0 Å². The van der Waals surface area contributed by atoms with Crippen LogP contribution >= 0.6 is 0 Å². The molecule has 0 aliphatic carbocycles. The van der Waals surface area contributed by atoms with Gasteiger partial charge in [-0.25, -0.2) is 4.79 Å². The summed E-state index contributed by atoms with van der Waals surface area (Å²) in [5.41, 5.74) is 2.06. The number of benzene rings is 1. The zero-order chi connectivity index (χ0) is 17.2. The van der Waals surface area contributed by atoms with Crippen molar-refractivity contribution in [1.29, 1.82) is 0 Å². The minimum Gasteiger partial charge on any atom is -0.444 e. The Morgan fingerprint density at radius 3 is 2.75 bits per heavy atom. The van der Waals surface area contributed by atoms with Gasteiger partial charge >= 0.3 is 6.09 Å². The maximum absolute atomic E-state index is 12.1. The monoisotopic (exact) mass is 329 g/mol. The zero-order valence-electron chi connectivity index (χ0n) is 14.8. The SMILES string of the molecule is CC(C)(C)OC(=O)N1CCC(NCc2cccc3cc[nH]c23)CC1. The lowest BCUT2D eigenvalue weighted by molar-refractivity contribution is 0.0198. The molecule has 0 atom stereocenters. The van der Waals surface area contributed by atoms with Crippen molar-refractivity contribution in [3.05, 3.63) is 36.0 Å². The number of hydrogen-bond acceptors (Lipinski definition) is 3. The Hall–Kier alpha value is -2.01. The average molecular weight is 329 g/mol. The Labute approximate surface area is 143 Å². The molecule has 3 rings (SSSR count). The largest absolute Gasteiger partial charge is 0.444 e. The van der Waals surface area contributed by atoms with Crippen LogP contribution in [-0.4, -0.2) is 40.7 Å². The van der Waals surface area contributed by atoms with Gasteiger partial charge in [-0.15, -0.1) is 0 Å². The topological polar surface area (TPSA) is 57.4 Å². The first-order valence-electron chi connectivity index (χ1n) is 8.69. The number of ether oxygens (including phenoxy) is 1. The molecule has 1 amide bonds. The summed E-state index contributed by atoms with van der Waals surface area (Å²) in [5.74, 6) is 0. The minimum absolute atomic E-state index is 0.197. The second-order valence-corrected chi connectivity index (χ2v) is 7.48. The van der Waals surface area contributed by atoms with Crippen LogP contribution in [-0.2, 0) is 11.3 Å². The third kappa shape index (κ3) is 4.09. The first-order chi connectivity index (χ1) is 11.4. The van der Waals surface area contributed by atoms with Gasteiger partial charge in [-0.3, -0.25) is 0 Å². The van der Waals surface area contributed by atoms with Gasteiger partial charge in [0.15, 0.2) is 0 Å². The second kappa shape index (κ2) is 6.85. The maximum atomic E-state index is 12.1. The molecule has 5 nitrogen and oxygen atoms in total. The minimum atomic E-state index is -0.430. The smallest absolute Gasteiger partial charge is 0.410 e. The first-order valence-corrected chi connectivity index (χ1v) is 8.69. The summed E-state index contributed by atoms with van der Waals surface area (Å²) in [7, 11) is 0. The van der Waals surface area contributed by atoms with Crippen LogP contribution in [0.3, 0.4) is 0 Å². The molecule has 5 heteroatoms. The van der Waals surface area contributed by atoms with Gasteiger partial charge in [-0.05, 0) is 50.6 Å². The molecule has 2 N–H and O–H groups in total. The molecule has 0 radical (unpaired) electrons. The van der Waals surface area contributed by atoms with E-state index in [0.717, 1.165) is 32.5 Å². The van der Waals surface area contributed by atoms with Crippen molar-refractivity contribution in [1.82, 2.24) is 15.2 Å². The van der Waals surface area contributed by atoms with Gasteiger partial charge < -0.3 is 19.9 Å². The lowest BCUT2D eigenvalue weighted by Crippen LogP contribution is -2.46. The van der Waals surface area contributed by atoms with E-state index in [9.17, 15) is 4.79 Å². The molecule has 2 aromatic rings. The van der Waals surface area contributed by atoms with Crippen LogP contribution in [0, 0.1) is 0 Å². The fourth-order valence-electron chi connectivity index (χ4n) is 3.14. The van der Waals surface area contributed by atoms with Crippen molar-refractivity contribution in [2.75, 3.05) is 13.1 Å². The Bertz CT molecular complexity index is 694. The highest BCUT2D eigenvalue weighted by Gasteiger charge is 2.26. The summed E-state index contributed by atoms with van der Waals surface area (Å²) in [5, 5.41) is 4.87. The van der Waals surface area contributed by atoms with Gasteiger partial charge in [0, 0.05) is 37.4 Å². The van der Waals surface area contributed by atoms with Gasteiger partial charge in [-0.2, -0.15) is 0 Å². The summed E-state index contributed by atoms with van der Waals surface area (Å²) in [4.78, 5) is 17.2. The van der Waals surface area contributed by atoms with Crippen LogP contribution in [0.15, 0.2) is 30.5 Å². The maximum Gasteiger partial charge on any atom is 0.410 e. The Kier molecular flexibility index (Phi) is 4.81. The molecule has 0 saturated carbocycles. The molecule has 0 spiro atoms. The van der Waals surface area contributed by atoms with Gasteiger partial charge in [0.2, 0.25) is 0 Å².